The van der Waals surface area contributed by atoms with Crippen LogP contribution in [0, 0.1) is 0 Å². The minimum Gasteiger partial charge on any atom is -0.493 e. The molecule has 32 heavy (non-hydrogen) atoms. The Bertz CT molecular complexity index is 1330. The van der Waals surface area contributed by atoms with E-state index in [1.54, 1.807) is 32.4 Å². The Hall–Kier alpha value is -4.13. The number of carbonyl (C=O) groups is 1. The van der Waals surface area contributed by atoms with Crippen LogP contribution in [0.4, 0.5) is 0 Å². The van der Waals surface area contributed by atoms with Gasteiger partial charge in [0.1, 0.15) is 6.54 Å². The third-order valence-corrected chi connectivity index (χ3v) is 5.14. The van der Waals surface area contributed by atoms with E-state index in [1.165, 1.54) is 10.7 Å². The second-order valence-corrected chi connectivity index (χ2v) is 7.24. The second kappa shape index (κ2) is 9.34. The number of hydrogen-bond acceptors (Lipinski definition) is 5. The van der Waals surface area contributed by atoms with Gasteiger partial charge in [0.2, 0.25) is 5.91 Å². The first-order valence-corrected chi connectivity index (χ1v) is 10.1. The minimum absolute atomic E-state index is 0.173. The van der Waals surface area contributed by atoms with Crippen molar-refractivity contribution >= 4 is 16.7 Å². The summed E-state index contributed by atoms with van der Waals surface area (Å²) in [5.74, 6) is 0.883. The third kappa shape index (κ3) is 4.62. The van der Waals surface area contributed by atoms with E-state index < -0.39 is 0 Å². The minimum atomic E-state index is -0.337. The summed E-state index contributed by atoms with van der Waals surface area (Å²) in [6.07, 6.45) is 0. The molecular weight excluding hydrogens is 406 g/mol. The van der Waals surface area contributed by atoms with Gasteiger partial charge in [-0.15, -0.1) is 0 Å². The summed E-state index contributed by atoms with van der Waals surface area (Å²) < 4.78 is 11.7. The van der Waals surface area contributed by atoms with Crippen molar-refractivity contribution in [2.75, 3.05) is 14.2 Å². The van der Waals surface area contributed by atoms with Crippen LogP contribution in [0.3, 0.4) is 0 Å². The Balaban J connectivity index is 1.48. The summed E-state index contributed by atoms with van der Waals surface area (Å²) in [6, 6.07) is 22.5. The highest BCUT2D eigenvalue weighted by Crippen LogP contribution is 2.27. The summed E-state index contributed by atoms with van der Waals surface area (Å²) in [5, 5.41) is 9.42. The molecule has 162 valence electrons. The van der Waals surface area contributed by atoms with Gasteiger partial charge in [0.25, 0.3) is 5.56 Å². The number of amides is 1. The lowest BCUT2D eigenvalue weighted by Crippen LogP contribution is -2.33. The molecule has 0 aliphatic carbocycles. The fourth-order valence-corrected chi connectivity index (χ4v) is 3.45. The van der Waals surface area contributed by atoms with Gasteiger partial charge in [-0.3, -0.25) is 9.59 Å². The Labute approximate surface area is 185 Å². The topological polar surface area (TPSA) is 82.5 Å². The molecule has 4 rings (SSSR count). The van der Waals surface area contributed by atoms with E-state index in [9.17, 15) is 9.59 Å². The van der Waals surface area contributed by atoms with Gasteiger partial charge >= 0.3 is 0 Å². The smallest absolute Gasteiger partial charge is 0.267 e. The molecule has 1 N–H and O–H groups in total. The molecule has 1 amide bonds. The highest BCUT2D eigenvalue weighted by Gasteiger charge is 2.10. The van der Waals surface area contributed by atoms with E-state index in [0.717, 1.165) is 21.9 Å². The molecule has 1 aromatic heterocycles. The fraction of sp³-hybridized carbons (Fsp3) is 0.160. The number of fused-ring (bicyclic) bond motifs is 1. The number of methoxy groups -OCH3 is 2. The van der Waals surface area contributed by atoms with Crippen LogP contribution in [0.25, 0.3) is 22.0 Å². The standard InChI is InChI=1S/C25H23N3O4/c1-31-22-11-7-17(13-23(22)32-2)15-26-24(29)16-28-25(30)12-10-21(27-28)20-9-8-18-5-3-4-6-19(18)14-20/h3-14H,15-16H2,1-2H3,(H,26,29). The van der Waals surface area contributed by atoms with Crippen molar-refractivity contribution in [3.05, 3.63) is 88.7 Å². The molecule has 0 unspecified atom stereocenters. The van der Waals surface area contributed by atoms with E-state index in [2.05, 4.69) is 10.4 Å². The predicted molar refractivity (Wildman–Crippen MR) is 123 cm³/mol. The van der Waals surface area contributed by atoms with Crippen molar-refractivity contribution in [1.29, 1.82) is 0 Å². The van der Waals surface area contributed by atoms with Crippen LogP contribution in [-0.2, 0) is 17.9 Å². The zero-order valence-corrected chi connectivity index (χ0v) is 17.9. The molecule has 0 aliphatic rings. The third-order valence-electron chi connectivity index (χ3n) is 5.14. The van der Waals surface area contributed by atoms with Gasteiger partial charge in [0.15, 0.2) is 11.5 Å². The van der Waals surface area contributed by atoms with Crippen LogP contribution in [-0.4, -0.2) is 29.9 Å². The van der Waals surface area contributed by atoms with Gasteiger partial charge in [0, 0.05) is 18.2 Å². The zero-order valence-electron chi connectivity index (χ0n) is 17.9. The van der Waals surface area contributed by atoms with Crippen molar-refractivity contribution < 1.29 is 14.3 Å². The van der Waals surface area contributed by atoms with E-state index in [4.69, 9.17) is 9.47 Å². The summed E-state index contributed by atoms with van der Waals surface area (Å²) in [5.41, 5.74) is 2.02. The Morgan fingerprint density at radius 1 is 0.906 bits per heavy atom. The average Bonchev–Trinajstić information content (AvgIpc) is 2.83. The first kappa shape index (κ1) is 21.1. The average molecular weight is 429 g/mol. The summed E-state index contributed by atoms with van der Waals surface area (Å²) in [7, 11) is 3.12. The SMILES string of the molecule is COc1ccc(CNC(=O)Cn2nc(-c3ccc4ccccc4c3)ccc2=O)cc1OC. The van der Waals surface area contributed by atoms with Crippen LogP contribution in [0.15, 0.2) is 77.6 Å². The molecule has 7 nitrogen and oxygen atoms in total. The van der Waals surface area contributed by atoms with Crippen molar-refractivity contribution in [3.8, 4) is 22.8 Å². The maximum atomic E-state index is 12.5. The molecule has 0 spiro atoms. The van der Waals surface area contributed by atoms with Gasteiger partial charge in [0.05, 0.1) is 19.9 Å². The molecule has 1 heterocycles. The fourth-order valence-electron chi connectivity index (χ4n) is 3.45. The van der Waals surface area contributed by atoms with Gasteiger partial charge in [-0.05, 0) is 40.6 Å². The van der Waals surface area contributed by atoms with E-state index in [0.29, 0.717) is 17.2 Å². The monoisotopic (exact) mass is 429 g/mol. The number of aromatic nitrogens is 2. The van der Waals surface area contributed by atoms with Crippen LogP contribution in [0.2, 0.25) is 0 Å². The number of rotatable bonds is 7. The largest absolute Gasteiger partial charge is 0.493 e. The second-order valence-electron chi connectivity index (χ2n) is 7.24. The number of benzene rings is 3. The number of carbonyl (C=O) groups excluding carboxylic acids is 1. The quantitative estimate of drug-likeness (QED) is 0.487. The summed E-state index contributed by atoms with van der Waals surface area (Å²) in [4.78, 5) is 24.7. The number of ether oxygens (including phenoxy) is 2. The molecule has 0 fully saturated rings. The van der Waals surface area contributed by atoms with Crippen LogP contribution < -0.4 is 20.3 Å². The van der Waals surface area contributed by atoms with Crippen LogP contribution >= 0.6 is 0 Å². The van der Waals surface area contributed by atoms with Crippen LogP contribution in [0.1, 0.15) is 5.56 Å². The van der Waals surface area contributed by atoms with Gasteiger partial charge < -0.3 is 14.8 Å². The van der Waals surface area contributed by atoms with Gasteiger partial charge in [-0.25, -0.2) is 4.68 Å². The normalized spacial score (nSPS) is 10.7. The van der Waals surface area contributed by atoms with E-state index in [-0.39, 0.29) is 24.6 Å². The van der Waals surface area contributed by atoms with Gasteiger partial charge in [-0.2, -0.15) is 5.10 Å². The van der Waals surface area contributed by atoms with Crippen molar-refractivity contribution in [1.82, 2.24) is 15.1 Å². The summed E-state index contributed by atoms with van der Waals surface area (Å²) >= 11 is 0. The maximum absolute atomic E-state index is 12.5. The number of nitrogens with one attached hydrogen (secondary N) is 1. The van der Waals surface area contributed by atoms with Crippen molar-refractivity contribution in [2.45, 2.75) is 13.1 Å². The molecular formula is C25H23N3O4. The molecule has 0 saturated heterocycles. The van der Waals surface area contributed by atoms with E-state index in [1.807, 2.05) is 48.5 Å². The molecule has 0 atom stereocenters. The lowest BCUT2D eigenvalue weighted by Gasteiger charge is -2.11. The number of nitrogens with zero attached hydrogens (tertiary/aromatic N) is 2. The molecule has 0 radical (unpaired) electrons. The number of hydrogen-bond donors (Lipinski definition) is 1. The van der Waals surface area contributed by atoms with Crippen LogP contribution in [0.5, 0.6) is 11.5 Å². The molecule has 0 bridgehead atoms. The zero-order chi connectivity index (χ0) is 22.5. The predicted octanol–water partition coefficient (Wildman–Crippen LogP) is 3.40. The van der Waals surface area contributed by atoms with Crippen molar-refractivity contribution in [2.24, 2.45) is 0 Å². The molecule has 0 aliphatic heterocycles. The van der Waals surface area contributed by atoms with Crippen molar-refractivity contribution in [3.63, 3.8) is 0 Å². The molecule has 0 saturated carbocycles. The molecule has 3 aromatic carbocycles. The lowest BCUT2D eigenvalue weighted by molar-refractivity contribution is -0.122. The molecule has 7 heteroatoms. The van der Waals surface area contributed by atoms with Gasteiger partial charge in [-0.1, -0.05) is 42.5 Å². The first-order valence-electron chi connectivity index (χ1n) is 10.1. The molecule has 4 aromatic rings. The lowest BCUT2D eigenvalue weighted by atomic mass is 10.1. The van der Waals surface area contributed by atoms with E-state index >= 15 is 0 Å². The summed E-state index contributed by atoms with van der Waals surface area (Å²) in [6.45, 7) is 0.117. The highest BCUT2D eigenvalue weighted by atomic mass is 16.5. The Morgan fingerprint density at radius 3 is 2.47 bits per heavy atom. The Kier molecular flexibility index (Phi) is 6.17. The first-order chi connectivity index (χ1) is 15.6. The maximum Gasteiger partial charge on any atom is 0.267 e. The highest BCUT2D eigenvalue weighted by molar-refractivity contribution is 5.86. The Morgan fingerprint density at radius 2 is 1.69 bits per heavy atom.